The predicted molar refractivity (Wildman–Crippen MR) is 428 cm³/mol. The summed E-state index contributed by atoms with van der Waals surface area (Å²) in [6.45, 7) is 98.2. The van der Waals surface area contributed by atoms with Crippen molar-refractivity contribution in [2.24, 2.45) is 33.3 Å². The van der Waals surface area contributed by atoms with Crippen molar-refractivity contribution >= 4 is 17.9 Å². The first-order valence-electron chi connectivity index (χ1n) is 36.9. The van der Waals surface area contributed by atoms with E-state index in [1.807, 2.05) is 116 Å². The van der Waals surface area contributed by atoms with Crippen LogP contribution in [0.5, 0.6) is 0 Å². The highest BCUT2D eigenvalue weighted by molar-refractivity contribution is 8.01. The highest BCUT2D eigenvalue weighted by atomic mass is 32.2. The van der Waals surface area contributed by atoms with Gasteiger partial charge in [-0.2, -0.15) is 8.78 Å². The molecule has 616 valence electrons. The number of fused-ring (bicyclic) bond motifs is 1. The summed E-state index contributed by atoms with van der Waals surface area (Å²) in [5.74, 6) is 0.799. The minimum absolute atomic E-state index is 0.0155. The molecule has 4 saturated heterocycles. The van der Waals surface area contributed by atoms with Crippen LogP contribution in [-0.2, 0) is 42.6 Å². The Morgan fingerprint density at radius 3 is 1.29 bits per heavy atom. The van der Waals surface area contributed by atoms with Crippen molar-refractivity contribution in [3.05, 3.63) is 24.6 Å². The maximum atomic E-state index is 12.2. The van der Waals surface area contributed by atoms with Crippen LogP contribution < -0.4 is 11.2 Å². The number of aliphatic hydroxyl groups is 1. The van der Waals surface area contributed by atoms with Gasteiger partial charge in [0.25, 0.3) is 5.25 Å². The second-order valence-corrected chi connectivity index (χ2v) is 38.8. The zero-order chi connectivity index (χ0) is 82.2. The highest BCUT2D eigenvalue weighted by Crippen LogP contribution is 2.38. The van der Waals surface area contributed by atoms with Gasteiger partial charge in [-0.25, -0.2) is 9.18 Å². The second-order valence-electron chi connectivity index (χ2n) is 36.7. The van der Waals surface area contributed by atoms with Crippen LogP contribution in [0, 0.1) is 27.6 Å². The van der Waals surface area contributed by atoms with Crippen molar-refractivity contribution < 1.29 is 70.9 Å². The maximum absolute atomic E-state index is 12.2. The van der Waals surface area contributed by atoms with Crippen molar-refractivity contribution in [1.29, 1.82) is 0 Å². The molecule has 0 saturated carbocycles. The van der Waals surface area contributed by atoms with E-state index in [0.717, 1.165) is 83.2 Å². The molecule has 4 fully saturated rings. The van der Waals surface area contributed by atoms with Crippen LogP contribution >= 0.6 is 11.8 Å². The Labute approximate surface area is 628 Å². The van der Waals surface area contributed by atoms with Crippen molar-refractivity contribution in [3.63, 3.8) is 0 Å². The molecule has 0 radical (unpaired) electrons. The minimum Gasteiger partial charge on any atom is -0.438 e. The van der Waals surface area contributed by atoms with E-state index in [4.69, 9.17) is 49.2 Å². The van der Waals surface area contributed by atoms with Crippen LogP contribution in [-0.4, -0.2) is 206 Å². The lowest BCUT2D eigenvalue weighted by Gasteiger charge is -2.39. The highest BCUT2D eigenvalue weighted by Gasteiger charge is 2.32. The molecule has 21 heteroatoms. The number of nitrogens with one attached hydrogen (secondary N) is 1. The number of hydroxylamine groups is 1. The van der Waals surface area contributed by atoms with Gasteiger partial charge in [0.1, 0.15) is 0 Å². The zero-order valence-electron chi connectivity index (χ0n) is 73.8. The van der Waals surface area contributed by atoms with E-state index in [1.54, 1.807) is 41.7 Å². The molecule has 3 atom stereocenters. The van der Waals surface area contributed by atoms with Crippen LogP contribution in [0.25, 0.3) is 0 Å². The van der Waals surface area contributed by atoms with Crippen LogP contribution in [0.4, 0.5) is 18.0 Å². The molecule has 0 aliphatic carbocycles. The van der Waals surface area contributed by atoms with E-state index in [1.165, 1.54) is 53.1 Å². The third kappa shape index (κ3) is 96.0. The molecule has 0 aromatic rings. The fraction of sp³-hybridized carbons (Fsp3) is 0.938. The Morgan fingerprint density at radius 1 is 0.644 bits per heavy atom. The average Bonchev–Trinajstić information content (AvgIpc) is 1.74. The largest absolute Gasteiger partial charge is 0.508 e. The Bertz CT molecular complexity index is 1940. The van der Waals surface area contributed by atoms with E-state index in [-0.39, 0.29) is 56.1 Å². The number of hydrogen-bond acceptors (Lipinski definition) is 18. The minimum atomic E-state index is -2.60. The van der Waals surface area contributed by atoms with Gasteiger partial charge in [-0.1, -0.05) is 143 Å². The number of carbonyl (C=O) groups is 1. The Morgan fingerprint density at radius 2 is 1.09 bits per heavy atom. The normalized spacial score (nSPS) is 17.3. The van der Waals surface area contributed by atoms with Crippen LogP contribution in [0.15, 0.2) is 24.6 Å². The number of nitrogens with two attached hydrogens (primary N) is 1. The lowest BCUT2D eigenvalue weighted by atomic mass is 9.84. The van der Waals surface area contributed by atoms with Gasteiger partial charge in [0, 0.05) is 111 Å². The summed E-state index contributed by atoms with van der Waals surface area (Å²) in [6.07, 6.45) is 2.37. The number of ether oxygens (including phenoxy) is 9. The number of halogens is 3. The summed E-state index contributed by atoms with van der Waals surface area (Å²) >= 11 is 0.681. The van der Waals surface area contributed by atoms with Gasteiger partial charge >= 0.3 is 6.16 Å². The van der Waals surface area contributed by atoms with Crippen molar-refractivity contribution in [2.45, 2.75) is 358 Å². The number of aliphatic hydroxyl groups excluding tert-OH is 1. The molecule has 0 aromatic heterocycles. The number of nitrogens with zero attached hydrogens (tertiary/aromatic N) is 3. The second kappa shape index (κ2) is 56.3. The molecule has 4 aliphatic rings. The molecular formula is C80H172F3N5O12S. The van der Waals surface area contributed by atoms with Gasteiger partial charge < -0.3 is 53.5 Å². The Hall–Kier alpha value is -1.99. The molecule has 17 nitrogen and oxygen atoms in total. The molecule has 4 rings (SSSR count). The summed E-state index contributed by atoms with van der Waals surface area (Å²) in [5.41, 5.74) is 9.37. The van der Waals surface area contributed by atoms with E-state index in [9.17, 15) is 18.0 Å². The SMILES string of the molecule is C=C(N)C(C)(C)C.C=C(NO)C(C)(C)C.CC(C)(C)CO.CC(C)(C)N1CCOCC1.CC(C)(C)O[C@H]1CCOC1.CC(C)(C)SC(C)(F)F.CC(C)C(C)(C)C.CC(C)N1CCN2CCC[C@@H]2C1.CC(F)OC(C)(C)C.CCOC(C)(C)C.COC(=O)OC(C)C.COCCOC(C)(C)C. The maximum Gasteiger partial charge on any atom is 0.508 e. The zero-order valence-corrected chi connectivity index (χ0v) is 74.7. The van der Waals surface area contributed by atoms with Crippen molar-refractivity contribution in [3.8, 4) is 0 Å². The summed E-state index contributed by atoms with van der Waals surface area (Å²) < 4.78 is 81.0. The molecule has 4 heterocycles. The van der Waals surface area contributed by atoms with Gasteiger partial charge in [-0.05, 0) is 188 Å². The fourth-order valence-corrected chi connectivity index (χ4v) is 8.20. The molecule has 1 unspecified atom stereocenters. The molecule has 101 heavy (non-hydrogen) atoms. The number of allylic oxidation sites excluding steroid dienone is 2. The number of alkyl halides is 3. The number of rotatable bonds is 10. The molecule has 0 spiro atoms. The van der Waals surface area contributed by atoms with E-state index in [2.05, 4.69) is 148 Å². The van der Waals surface area contributed by atoms with Crippen molar-refractivity contribution in [1.82, 2.24) is 20.2 Å². The van der Waals surface area contributed by atoms with Crippen LogP contribution in [0.2, 0.25) is 0 Å². The summed E-state index contributed by atoms with van der Waals surface area (Å²) in [5, 5.41) is 14.1. The lowest BCUT2D eigenvalue weighted by Crippen LogP contribution is -2.52. The van der Waals surface area contributed by atoms with Gasteiger partial charge in [-0.15, -0.1) is 0 Å². The standard InChI is InChI=1S/C10H20N2.C8H17NO.C8H16O2.C7H16O2.C7H16.C6H12F2S.C6H13FO.C6H13NO.C6H13N.C6H14O.C5H10O3.C5H12O/c1-9(2)12-7-6-11-5-3-4-10(11)8-12;1-8(2,3)9-4-6-10-7-5-9;1-8(2,3)10-7-4-5-9-6-7;1-7(2,3)9-6-5-8-4;1-6(2)7(3,4)5;1-5(2,3)9-6(4,7)8;1-5(7)8-6(2,3)4;1-5(7-8)6(2,3)4;1-5(7)6(2,3)4;1-5-7-6(2,3)4;1-4(2)8-5(6)7-3;1-5(2,3)4-6/h9-10H,3-8H2,1-2H3;4-7H2,1-3H3;7H,4-6H2,1-3H3;5-6H2,1-4H3;6H,1-5H3;1-4H3;5H,1-4H3;7-8H,1H2,2-4H3;1,7H2,2-4H3;5H2,1-4H3;4H,1-3H3;6H,4H2,1-3H3/t10-;;7-;;;;;;;;;/m1.0........./s1. The van der Waals surface area contributed by atoms with E-state index in [0.29, 0.717) is 47.7 Å². The fourth-order valence-electron chi connectivity index (χ4n) is 7.12. The Kier molecular flexibility index (Phi) is 64.0. The van der Waals surface area contributed by atoms with Crippen molar-refractivity contribution in [2.75, 3.05) is 106 Å². The lowest BCUT2D eigenvalue weighted by molar-refractivity contribution is -0.111. The summed E-state index contributed by atoms with van der Waals surface area (Å²) in [7, 11) is 2.96. The quantitative estimate of drug-likeness (QED) is 0.0917. The number of piperazine rings is 1. The van der Waals surface area contributed by atoms with Gasteiger partial charge in [0.2, 0.25) is 0 Å². The molecule has 0 amide bonds. The monoisotopic (exact) mass is 1480 g/mol. The van der Waals surface area contributed by atoms with E-state index >= 15 is 0 Å². The molecular weight excluding hydrogens is 1310 g/mol. The number of thioether (sulfide) groups is 1. The third-order valence-electron chi connectivity index (χ3n) is 13.8. The van der Waals surface area contributed by atoms with Gasteiger partial charge in [0.05, 0.1) is 74.8 Å². The first-order chi connectivity index (χ1) is 44.8. The summed E-state index contributed by atoms with van der Waals surface area (Å²) in [6, 6.07) is 1.63. The first-order valence-corrected chi connectivity index (χ1v) is 37.7. The molecule has 0 bridgehead atoms. The Balaban J connectivity index is -0.000000157. The number of hydrogen-bond donors (Lipinski definition) is 4. The van der Waals surface area contributed by atoms with Crippen LogP contribution in [0.3, 0.4) is 0 Å². The summed E-state index contributed by atoms with van der Waals surface area (Å²) in [4.78, 5) is 17.9. The average molecular weight is 1490 g/mol. The number of carbonyl (C=O) groups excluding carboxylic acids is 1. The third-order valence-corrected chi connectivity index (χ3v) is 14.8. The smallest absolute Gasteiger partial charge is 0.438 e. The van der Waals surface area contributed by atoms with Crippen LogP contribution in [0.1, 0.15) is 289 Å². The first kappa shape index (κ1) is 115. The topological polar surface area (TPSA) is 188 Å². The number of methoxy groups -OCH3 is 2. The molecule has 4 aliphatic heterocycles. The molecule has 0 aromatic carbocycles. The molecule has 5 N–H and O–H groups in total. The number of morpholine rings is 1. The predicted octanol–water partition coefficient (Wildman–Crippen LogP) is 20.3. The van der Waals surface area contributed by atoms with Gasteiger partial charge in [0.15, 0.2) is 6.36 Å². The van der Waals surface area contributed by atoms with E-state index < -0.39 is 17.8 Å². The van der Waals surface area contributed by atoms with Gasteiger partial charge in [-0.3, -0.25) is 25.4 Å².